The van der Waals surface area contributed by atoms with Crippen molar-refractivity contribution < 1.29 is 28.6 Å². The predicted molar refractivity (Wildman–Crippen MR) is 284 cm³/mol. The molecule has 0 aliphatic heterocycles. The summed E-state index contributed by atoms with van der Waals surface area (Å²) in [6.07, 6.45) is 62.7. The topological polar surface area (TPSA) is 78.9 Å². The van der Waals surface area contributed by atoms with Gasteiger partial charge in [-0.25, -0.2) is 0 Å². The first kappa shape index (κ1) is 64.4. The third-order valence-corrected chi connectivity index (χ3v) is 13.9. The molecule has 0 saturated carbocycles. The molecule has 0 aliphatic rings. The zero-order valence-electron chi connectivity index (χ0n) is 45.0. The maximum atomic E-state index is 12.8. The van der Waals surface area contributed by atoms with Crippen LogP contribution in [0.25, 0.3) is 0 Å². The van der Waals surface area contributed by atoms with Crippen LogP contribution in [0, 0.1) is 0 Å². The van der Waals surface area contributed by atoms with Crippen LogP contribution < -0.4 is 0 Å². The number of esters is 3. The fraction of sp³-hybridized carbons (Fsp3) is 0.950. The number of carbonyl (C=O) groups excluding carboxylic acids is 3. The van der Waals surface area contributed by atoms with Gasteiger partial charge in [0.25, 0.3) is 0 Å². The van der Waals surface area contributed by atoms with Crippen molar-refractivity contribution in [2.75, 3.05) is 13.2 Å². The van der Waals surface area contributed by atoms with Crippen LogP contribution in [0.5, 0.6) is 0 Å². The first-order chi connectivity index (χ1) is 32.5. The average molecular weight is 934 g/mol. The normalized spacial score (nSPS) is 11.9. The largest absolute Gasteiger partial charge is 0.462 e. The second-order valence-corrected chi connectivity index (χ2v) is 20.6. The van der Waals surface area contributed by atoms with Crippen LogP contribution in [0.1, 0.15) is 348 Å². The number of rotatable bonds is 56. The fourth-order valence-electron chi connectivity index (χ4n) is 9.33. The van der Waals surface area contributed by atoms with Crippen molar-refractivity contribution in [1.82, 2.24) is 0 Å². The van der Waals surface area contributed by atoms with E-state index in [4.69, 9.17) is 14.2 Å². The van der Waals surface area contributed by atoms with E-state index in [1.165, 1.54) is 250 Å². The zero-order chi connectivity index (χ0) is 47.9. The van der Waals surface area contributed by atoms with Gasteiger partial charge in [0.05, 0.1) is 0 Å². The van der Waals surface area contributed by atoms with E-state index in [1.54, 1.807) is 0 Å². The lowest BCUT2D eigenvalue weighted by atomic mass is 10.0. The molecule has 0 aromatic rings. The van der Waals surface area contributed by atoms with E-state index in [9.17, 15) is 14.4 Å². The Morgan fingerprint density at radius 2 is 0.409 bits per heavy atom. The van der Waals surface area contributed by atoms with E-state index >= 15 is 0 Å². The summed E-state index contributed by atoms with van der Waals surface area (Å²) in [5.41, 5.74) is 0. The molecule has 6 heteroatoms. The van der Waals surface area contributed by atoms with Crippen LogP contribution >= 0.6 is 0 Å². The molecule has 0 bridgehead atoms. The van der Waals surface area contributed by atoms with Gasteiger partial charge in [0, 0.05) is 19.3 Å². The summed E-state index contributed by atoms with van der Waals surface area (Å²) in [5, 5.41) is 0. The molecule has 0 fully saturated rings. The second-order valence-electron chi connectivity index (χ2n) is 20.6. The monoisotopic (exact) mass is 933 g/mol. The molecule has 6 nitrogen and oxygen atoms in total. The Kier molecular flexibility index (Phi) is 54.7. The van der Waals surface area contributed by atoms with Crippen molar-refractivity contribution in [3.05, 3.63) is 0 Å². The van der Waals surface area contributed by atoms with E-state index in [1.807, 2.05) is 0 Å². The maximum Gasteiger partial charge on any atom is 0.306 e. The molecule has 0 heterocycles. The highest BCUT2D eigenvalue weighted by molar-refractivity contribution is 5.71. The molecule has 0 aliphatic carbocycles. The molecule has 0 saturated heterocycles. The minimum atomic E-state index is -0.760. The molecule has 0 amide bonds. The molecule has 66 heavy (non-hydrogen) atoms. The molecular weight excluding hydrogens is 817 g/mol. The Morgan fingerprint density at radius 1 is 0.242 bits per heavy atom. The van der Waals surface area contributed by atoms with Crippen molar-refractivity contribution in [2.24, 2.45) is 0 Å². The number of unbranched alkanes of at least 4 members (excludes halogenated alkanes) is 45. The third-order valence-electron chi connectivity index (χ3n) is 13.9. The summed E-state index contributed by atoms with van der Waals surface area (Å²) in [5.74, 6) is -0.840. The first-order valence-corrected chi connectivity index (χ1v) is 30.0. The Labute approximate surface area is 412 Å². The molecule has 0 aromatic carbocycles. The molecule has 0 spiro atoms. The number of ether oxygens (including phenoxy) is 3. The Bertz CT molecular complexity index is 982. The van der Waals surface area contributed by atoms with Crippen molar-refractivity contribution >= 4 is 17.9 Å². The Morgan fingerprint density at radius 3 is 0.606 bits per heavy atom. The summed E-state index contributed by atoms with van der Waals surface area (Å²) in [7, 11) is 0. The van der Waals surface area contributed by atoms with Gasteiger partial charge >= 0.3 is 17.9 Å². The molecule has 0 rings (SSSR count). The van der Waals surface area contributed by atoms with Gasteiger partial charge in [-0.1, -0.05) is 310 Å². The summed E-state index contributed by atoms with van der Waals surface area (Å²) in [6.45, 7) is 6.67. The van der Waals surface area contributed by atoms with Gasteiger partial charge in [0.1, 0.15) is 13.2 Å². The van der Waals surface area contributed by atoms with Gasteiger partial charge < -0.3 is 14.2 Å². The maximum absolute atomic E-state index is 12.8. The second kappa shape index (κ2) is 56.0. The lowest BCUT2D eigenvalue weighted by molar-refractivity contribution is -0.167. The van der Waals surface area contributed by atoms with Gasteiger partial charge in [-0.05, 0) is 19.3 Å². The van der Waals surface area contributed by atoms with Crippen molar-refractivity contribution in [3.63, 3.8) is 0 Å². The lowest BCUT2D eigenvalue weighted by Gasteiger charge is -2.18. The van der Waals surface area contributed by atoms with Crippen LogP contribution in [0.2, 0.25) is 0 Å². The molecule has 0 N–H and O–H groups in total. The number of carbonyl (C=O) groups is 3. The highest BCUT2D eigenvalue weighted by Gasteiger charge is 2.19. The summed E-state index contributed by atoms with van der Waals surface area (Å²) in [6, 6.07) is 0. The highest BCUT2D eigenvalue weighted by atomic mass is 16.6. The first-order valence-electron chi connectivity index (χ1n) is 30.0. The third kappa shape index (κ3) is 53.4. The summed E-state index contributed by atoms with van der Waals surface area (Å²) < 4.78 is 16.8. The van der Waals surface area contributed by atoms with Gasteiger partial charge in [-0.2, -0.15) is 0 Å². The molecule has 0 aromatic heterocycles. The minimum Gasteiger partial charge on any atom is -0.462 e. The number of hydrogen-bond acceptors (Lipinski definition) is 6. The Hall–Kier alpha value is -1.59. The van der Waals surface area contributed by atoms with E-state index in [0.29, 0.717) is 19.3 Å². The molecule has 392 valence electrons. The quantitative estimate of drug-likeness (QED) is 0.0343. The molecule has 1 unspecified atom stereocenters. The number of hydrogen-bond donors (Lipinski definition) is 0. The smallest absolute Gasteiger partial charge is 0.306 e. The average Bonchev–Trinajstić information content (AvgIpc) is 3.31. The summed E-state index contributed by atoms with van der Waals surface area (Å²) in [4.78, 5) is 38.0. The predicted octanol–water partition coefficient (Wildman–Crippen LogP) is 19.9. The SMILES string of the molecule is CCCCCCCCCCCCCCCCCCCCCCCC(=O)OCC(COC(=O)CCCCCCCCC)OC(=O)CCCCCCCCCCCCCCCCCCCCCC. The Balaban J connectivity index is 4.09. The van der Waals surface area contributed by atoms with Gasteiger partial charge in [-0.3, -0.25) is 14.4 Å². The summed E-state index contributed by atoms with van der Waals surface area (Å²) >= 11 is 0. The molecule has 1 atom stereocenters. The van der Waals surface area contributed by atoms with Gasteiger partial charge in [0.2, 0.25) is 0 Å². The van der Waals surface area contributed by atoms with E-state index < -0.39 is 6.10 Å². The van der Waals surface area contributed by atoms with Crippen molar-refractivity contribution in [3.8, 4) is 0 Å². The van der Waals surface area contributed by atoms with Crippen molar-refractivity contribution in [2.45, 2.75) is 354 Å². The van der Waals surface area contributed by atoms with Crippen LogP contribution in [-0.4, -0.2) is 37.2 Å². The van der Waals surface area contributed by atoms with Crippen molar-refractivity contribution in [1.29, 1.82) is 0 Å². The fourth-order valence-corrected chi connectivity index (χ4v) is 9.33. The van der Waals surface area contributed by atoms with Crippen LogP contribution in [0.3, 0.4) is 0 Å². The van der Waals surface area contributed by atoms with Gasteiger partial charge in [-0.15, -0.1) is 0 Å². The van der Waals surface area contributed by atoms with E-state index in [2.05, 4.69) is 20.8 Å². The van der Waals surface area contributed by atoms with Crippen LogP contribution in [0.15, 0.2) is 0 Å². The van der Waals surface area contributed by atoms with E-state index in [-0.39, 0.29) is 31.1 Å². The van der Waals surface area contributed by atoms with E-state index in [0.717, 1.165) is 57.8 Å². The minimum absolute atomic E-state index is 0.0617. The highest BCUT2D eigenvalue weighted by Crippen LogP contribution is 2.18. The van der Waals surface area contributed by atoms with Gasteiger partial charge in [0.15, 0.2) is 6.10 Å². The van der Waals surface area contributed by atoms with Crippen LogP contribution in [0.4, 0.5) is 0 Å². The zero-order valence-corrected chi connectivity index (χ0v) is 45.0. The van der Waals surface area contributed by atoms with Crippen LogP contribution in [-0.2, 0) is 28.6 Å². The standard InChI is InChI=1S/C60H116O6/c1-4-7-10-13-16-18-20-22-24-26-28-30-32-33-35-37-39-41-44-47-50-53-59(62)65-56-57(55-64-58(61)52-49-46-43-15-12-9-6-3)66-60(63)54-51-48-45-42-40-38-36-34-31-29-27-25-23-21-19-17-14-11-8-5-2/h57H,4-56H2,1-3H3. The molecular formula is C60H116O6. The molecule has 0 radical (unpaired) electrons. The lowest BCUT2D eigenvalue weighted by Crippen LogP contribution is -2.30.